The fraction of sp³-hybridized carbons (Fsp3) is 0.500. The standard InChI is InChI=1S/C12H8F6N2S/c13-11(14,15)8-7-5-3-1-2-4-6(5)21-9(7)20-10(19-8)12(16,17)18/h1-4H2. The van der Waals surface area contributed by atoms with E-state index in [1.165, 1.54) is 0 Å². The molecule has 2 heterocycles. The van der Waals surface area contributed by atoms with Crippen LogP contribution in [-0.4, -0.2) is 9.97 Å². The molecule has 2 aromatic heterocycles. The first-order valence-corrected chi connectivity index (χ1v) is 6.96. The molecule has 0 aromatic carbocycles. The number of aryl methyl sites for hydroxylation is 2. The van der Waals surface area contributed by atoms with E-state index in [4.69, 9.17) is 0 Å². The van der Waals surface area contributed by atoms with Crippen LogP contribution in [0.2, 0.25) is 0 Å². The lowest BCUT2D eigenvalue weighted by Gasteiger charge is -2.14. The maximum atomic E-state index is 13.1. The van der Waals surface area contributed by atoms with Crippen molar-refractivity contribution in [1.29, 1.82) is 0 Å². The summed E-state index contributed by atoms with van der Waals surface area (Å²) in [5.41, 5.74) is -1.01. The van der Waals surface area contributed by atoms with Crippen LogP contribution in [0.1, 0.15) is 34.8 Å². The van der Waals surface area contributed by atoms with E-state index < -0.39 is 23.9 Å². The molecule has 114 valence electrons. The van der Waals surface area contributed by atoms with E-state index in [0.29, 0.717) is 23.3 Å². The Kier molecular flexibility index (Phi) is 3.16. The van der Waals surface area contributed by atoms with Crippen LogP contribution in [0.5, 0.6) is 0 Å². The number of rotatable bonds is 0. The van der Waals surface area contributed by atoms with Gasteiger partial charge in [-0.1, -0.05) is 0 Å². The lowest BCUT2D eigenvalue weighted by atomic mass is 9.96. The third-order valence-electron chi connectivity index (χ3n) is 3.34. The number of fused-ring (bicyclic) bond motifs is 3. The molecule has 0 radical (unpaired) electrons. The molecule has 0 fully saturated rings. The highest BCUT2D eigenvalue weighted by Gasteiger charge is 2.42. The first-order valence-electron chi connectivity index (χ1n) is 6.14. The third kappa shape index (κ3) is 2.47. The third-order valence-corrected chi connectivity index (χ3v) is 4.52. The Morgan fingerprint density at radius 3 is 2.14 bits per heavy atom. The lowest BCUT2D eigenvalue weighted by Crippen LogP contribution is -2.17. The molecule has 2 nitrogen and oxygen atoms in total. The van der Waals surface area contributed by atoms with Crippen molar-refractivity contribution in [3.8, 4) is 0 Å². The number of alkyl halides is 6. The average Bonchev–Trinajstić information content (AvgIpc) is 2.73. The van der Waals surface area contributed by atoms with Gasteiger partial charge in [0.15, 0.2) is 5.69 Å². The molecule has 0 saturated heterocycles. The predicted molar refractivity (Wildman–Crippen MR) is 64.1 cm³/mol. The molecule has 0 N–H and O–H groups in total. The van der Waals surface area contributed by atoms with E-state index in [9.17, 15) is 26.3 Å². The summed E-state index contributed by atoms with van der Waals surface area (Å²) in [6.45, 7) is 0. The summed E-state index contributed by atoms with van der Waals surface area (Å²) in [6.07, 6.45) is -7.40. The van der Waals surface area contributed by atoms with Gasteiger partial charge in [0, 0.05) is 10.3 Å². The monoisotopic (exact) mass is 326 g/mol. The summed E-state index contributed by atoms with van der Waals surface area (Å²) in [7, 11) is 0. The zero-order valence-electron chi connectivity index (χ0n) is 10.4. The lowest BCUT2D eigenvalue weighted by molar-refractivity contribution is -0.151. The van der Waals surface area contributed by atoms with Crippen LogP contribution in [0.15, 0.2) is 0 Å². The van der Waals surface area contributed by atoms with Crippen molar-refractivity contribution in [2.45, 2.75) is 38.0 Å². The van der Waals surface area contributed by atoms with Gasteiger partial charge in [-0.05, 0) is 31.2 Å². The van der Waals surface area contributed by atoms with Crippen molar-refractivity contribution >= 4 is 21.6 Å². The second-order valence-corrected chi connectivity index (χ2v) is 5.87. The van der Waals surface area contributed by atoms with E-state index >= 15 is 0 Å². The zero-order chi connectivity index (χ0) is 15.4. The van der Waals surface area contributed by atoms with E-state index in [0.717, 1.165) is 24.2 Å². The molecule has 2 aromatic rings. The van der Waals surface area contributed by atoms with Gasteiger partial charge in [0.25, 0.3) is 0 Å². The second-order valence-electron chi connectivity index (χ2n) is 4.78. The van der Waals surface area contributed by atoms with E-state index in [-0.39, 0.29) is 10.2 Å². The predicted octanol–water partition coefficient (Wildman–Crippen LogP) is 4.61. The van der Waals surface area contributed by atoms with Gasteiger partial charge in [-0.15, -0.1) is 11.3 Å². The molecule has 9 heteroatoms. The van der Waals surface area contributed by atoms with E-state index in [1.54, 1.807) is 0 Å². The molecule has 0 saturated carbocycles. The molecule has 3 rings (SSSR count). The van der Waals surface area contributed by atoms with Crippen molar-refractivity contribution in [2.24, 2.45) is 0 Å². The Bertz CT molecular complexity index is 700. The number of hydrogen-bond donors (Lipinski definition) is 0. The number of thiophene rings is 1. The topological polar surface area (TPSA) is 25.8 Å². The van der Waals surface area contributed by atoms with Crippen LogP contribution in [0.25, 0.3) is 10.2 Å². The molecule has 0 spiro atoms. The van der Waals surface area contributed by atoms with Crippen molar-refractivity contribution in [3.05, 3.63) is 22.0 Å². The van der Waals surface area contributed by atoms with Gasteiger partial charge >= 0.3 is 12.4 Å². The zero-order valence-corrected chi connectivity index (χ0v) is 11.2. The summed E-state index contributed by atoms with van der Waals surface area (Å²) in [5.74, 6) is -1.74. The summed E-state index contributed by atoms with van der Waals surface area (Å²) < 4.78 is 77.3. The number of halogens is 6. The molecule has 21 heavy (non-hydrogen) atoms. The average molecular weight is 326 g/mol. The molecule has 0 unspecified atom stereocenters. The molecule has 0 atom stereocenters. The van der Waals surface area contributed by atoms with Crippen molar-refractivity contribution in [3.63, 3.8) is 0 Å². The van der Waals surface area contributed by atoms with Crippen molar-refractivity contribution in [2.75, 3.05) is 0 Å². The van der Waals surface area contributed by atoms with Crippen LogP contribution in [0.3, 0.4) is 0 Å². The summed E-state index contributed by atoms with van der Waals surface area (Å²) in [5, 5.41) is -0.254. The van der Waals surface area contributed by atoms with Crippen molar-refractivity contribution in [1.82, 2.24) is 9.97 Å². The van der Waals surface area contributed by atoms with Gasteiger partial charge in [0.1, 0.15) is 4.83 Å². The highest BCUT2D eigenvalue weighted by atomic mass is 32.1. The smallest absolute Gasteiger partial charge is 0.219 e. The summed E-state index contributed by atoms with van der Waals surface area (Å²) in [6, 6.07) is 0. The van der Waals surface area contributed by atoms with Gasteiger partial charge in [-0.3, -0.25) is 0 Å². The Morgan fingerprint density at radius 2 is 1.52 bits per heavy atom. The van der Waals surface area contributed by atoms with E-state index in [2.05, 4.69) is 9.97 Å². The second kappa shape index (κ2) is 4.56. The van der Waals surface area contributed by atoms with Crippen LogP contribution in [0.4, 0.5) is 26.3 Å². The summed E-state index contributed by atoms with van der Waals surface area (Å²) in [4.78, 5) is 6.54. The minimum Gasteiger partial charge on any atom is -0.219 e. The Balaban J connectivity index is 2.35. The number of nitrogens with zero attached hydrogens (tertiary/aromatic N) is 2. The Morgan fingerprint density at radius 1 is 0.857 bits per heavy atom. The van der Waals surface area contributed by atoms with Crippen molar-refractivity contribution < 1.29 is 26.3 Å². The van der Waals surface area contributed by atoms with Gasteiger partial charge in [-0.2, -0.15) is 26.3 Å². The van der Waals surface area contributed by atoms with Gasteiger partial charge in [-0.25, -0.2) is 9.97 Å². The summed E-state index contributed by atoms with van der Waals surface area (Å²) >= 11 is 0.909. The van der Waals surface area contributed by atoms with Gasteiger partial charge in [0.05, 0.1) is 0 Å². The highest BCUT2D eigenvalue weighted by Crippen LogP contribution is 2.43. The number of hydrogen-bond acceptors (Lipinski definition) is 3. The molecular weight excluding hydrogens is 318 g/mol. The molecule has 1 aliphatic carbocycles. The molecule has 0 aliphatic heterocycles. The molecular formula is C12H8F6N2S. The Hall–Kier alpha value is -1.38. The SMILES string of the molecule is FC(F)(F)c1nc(C(F)(F)F)c2c3c(sc2n1)CCCC3. The maximum absolute atomic E-state index is 13.1. The van der Waals surface area contributed by atoms with Gasteiger partial charge in [0.2, 0.25) is 5.82 Å². The molecule has 0 amide bonds. The van der Waals surface area contributed by atoms with Crippen LogP contribution >= 0.6 is 11.3 Å². The van der Waals surface area contributed by atoms with Crippen LogP contribution < -0.4 is 0 Å². The number of aromatic nitrogens is 2. The highest BCUT2D eigenvalue weighted by molar-refractivity contribution is 7.18. The first kappa shape index (κ1) is 14.6. The minimum absolute atomic E-state index is 0.225. The fourth-order valence-electron chi connectivity index (χ4n) is 2.49. The molecule has 1 aliphatic rings. The minimum atomic E-state index is -5.00. The first-order chi connectivity index (χ1) is 9.68. The quantitative estimate of drug-likeness (QED) is 0.661. The van der Waals surface area contributed by atoms with Gasteiger partial charge < -0.3 is 0 Å². The Labute approximate surface area is 118 Å². The molecule has 0 bridgehead atoms. The largest absolute Gasteiger partial charge is 0.451 e. The van der Waals surface area contributed by atoms with Crippen LogP contribution in [-0.2, 0) is 25.2 Å². The normalized spacial score (nSPS) is 16.3. The maximum Gasteiger partial charge on any atom is 0.451 e. The van der Waals surface area contributed by atoms with Crippen LogP contribution in [0, 0.1) is 0 Å². The van der Waals surface area contributed by atoms with E-state index in [1.807, 2.05) is 0 Å². The fourth-order valence-corrected chi connectivity index (χ4v) is 3.75.